The molecule has 0 radical (unpaired) electrons. The lowest BCUT2D eigenvalue weighted by atomic mass is 10.2. The highest BCUT2D eigenvalue weighted by atomic mass is 32.1. The predicted molar refractivity (Wildman–Crippen MR) is 72.7 cm³/mol. The van der Waals surface area contributed by atoms with Gasteiger partial charge < -0.3 is 5.32 Å². The van der Waals surface area contributed by atoms with Crippen molar-refractivity contribution >= 4 is 33.8 Å². The number of thiophene rings is 1. The van der Waals surface area contributed by atoms with E-state index in [9.17, 15) is 4.79 Å². The third-order valence-electron chi connectivity index (χ3n) is 2.67. The van der Waals surface area contributed by atoms with Crippen molar-refractivity contribution in [1.29, 1.82) is 0 Å². The molecule has 2 aromatic heterocycles. The van der Waals surface area contributed by atoms with Crippen molar-refractivity contribution in [1.82, 2.24) is 10.2 Å². The van der Waals surface area contributed by atoms with E-state index >= 15 is 0 Å². The molecule has 0 saturated heterocycles. The maximum Gasteiger partial charge on any atom is 0.228 e. The van der Waals surface area contributed by atoms with Gasteiger partial charge in [-0.25, -0.2) is 0 Å². The molecule has 0 aliphatic rings. The summed E-state index contributed by atoms with van der Waals surface area (Å²) in [6.45, 7) is 0. The summed E-state index contributed by atoms with van der Waals surface area (Å²) in [5, 5.41) is 14.7. The SMILES string of the molecule is O=C(Cc1ccsc1)Nc1ccc2[nH]ncc2c1. The summed E-state index contributed by atoms with van der Waals surface area (Å²) in [7, 11) is 0. The molecule has 18 heavy (non-hydrogen) atoms. The number of aromatic amines is 1. The molecule has 1 amide bonds. The van der Waals surface area contributed by atoms with Crippen LogP contribution >= 0.6 is 11.3 Å². The van der Waals surface area contributed by atoms with Crippen LogP contribution < -0.4 is 5.32 Å². The number of carbonyl (C=O) groups is 1. The van der Waals surface area contributed by atoms with Gasteiger partial charge in [-0.15, -0.1) is 0 Å². The highest BCUT2D eigenvalue weighted by molar-refractivity contribution is 7.08. The summed E-state index contributed by atoms with van der Waals surface area (Å²) in [5.41, 5.74) is 2.80. The standard InChI is InChI=1S/C13H11N3OS/c17-13(5-9-3-4-18-8-9)15-11-1-2-12-10(6-11)7-14-16-12/h1-4,6-8H,5H2,(H,14,16)(H,15,17). The van der Waals surface area contributed by atoms with Crippen molar-refractivity contribution in [2.75, 3.05) is 5.32 Å². The minimum absolute atomic E-state index is 0.00348. The van der Waals surface area contributed by atoms with E-state index in [0.29, 0.717) is 6.42 Å². The van der Waals surface area contributed by atoms with Gasteiger partial charge in [-0.1, -0.05) is 0 Å². The van der Waals surface area contributed by atoms with Gasteiger partial charge in [0.05, 0.1) is 18.1 Å². The number of anilines is 1. The van der Waals surface area contributed by atoms with Gasteiger partial charge in [-0.3, -0.25) is 9.89 Å². The molecule has 0 aliphatic carbocycles. The molecule has 1 aromatic carbocycles. The van der Waals surface area contributed by atoms with Gasteiger partial charge in [0, 0.05) is 11.1 Å². The maximum absolute atomic E-state index is 11.8. The van der Waals surface area contributed by atoms with Crippen LogP contribution in [-0.4, -0.2) is 16.1 Å². The number of H-pyrrole nitrogens is 1. The Morgan fingerprint density at radius 1 is 1.39 bits per heavy atom. The van der Waals surface area contributed by atoms with Crippen LogP contribution in [0.15, 0.2) is 41.2 Å². The van der Waals surface area contributed by atoms with E-state index in [2.05, 4.69) is 15.5 Å². The van der Waals surface area contributed by atoms with Crippen molar-refractivity contribution in [3.05, 3.63) is 46.8 Å². The number of hydrogen-bond acceptors (Lipinski definition) is 3. The van der Waals surface area contributed by atoms with Gasteiger partial charge in [0.15, 0.2) is 0 Å². The fourth-order valence-corrected chi connectivity index (χ4v) is 2.47. The lowest BCUT2D eigenvalue weighted by Gasteiger charge is -2.04. The first kappa shape index (κ1) is 11.0. The molecule has 90 valence electrons. The second-order valence-electron chi connectivity index (χ2n) is 4.03. The zero-order valence-corrected chi connectivity index (χ0v) is 10.3. The summed E-state index contributed by atoms with van der Waals surface area (Å²) in [4.78, 5) is 11.8. The van der Waals surface area contributed by atoms with Crippen LogP contribution in [0.3, 0.4) is 0 Å². The molecule has 2 N–H and O–H groups in total. The molecule has 0 spiro atoms. The topological polar surface area (TPSA) is 57.8 Å². The number of rotatable bonds is 3. The molecular formula is C13H11N3OS. The molecule has 0 unspecified atom stereocenters. The Labute approximate surface area is 108 Å². The fourth-order valence-electron chi connectivity index (χ4n) is 1.80. The number of aromatic nitrogens is 2. The molecule has 3 aromatic rings. The van der Waals surface area contributed by atoms with Gasteiger partial charge in [-0.05, 0) is 40.6 Å². The van der Waals surface area contributed by atoms with Crippen molar-refractivity contribution in [2.45, 2.75) is 6.42 Å². The summed E-state index contributed by atoms with van der Waals surface area (Å²) in [6.07, 6.45) is 2.15. The van der Waals surface area contributed by atoms with Crippen molar-refractivity contribution in [3.63, 3.8) is 0 Å². The first-order valence-electron chi connectivity index (χ1n) is 5.55. The van der Waals surface area contributed by atoms with E-state index in [1.165, 1.54) is 0 Å². The van der Waals surface area contributed by atoms with E-state index in [0.717, 1.165) is 22.2 Å². The number of benzene rings is 1. The Hall–Kier alpha value is -2.14. The zero-order chi connectivity index (χ0) is 12.4. The Bertz CT molecular complexity index is 672. The molecule has 2 heterocycles. The third-order valence-corrected chi connectivity index (χ3v) is 3.40. The second-order valence-corrected chi connectivity index (χ2v) is 4.81. The summed E-state index contributed by atoms with van der Waals surface area (Å²) in [5.74, 6) is -0.00348. The van der Waals surface area contributed by atoms with Crippen LogP contribution in [0.25, 0.3) is 10.9 Å². The van der Waals surface area contributed by atoms with Crippen molar-refractivity contribution < 1.29 is 4.79 Å². The number of carbonyl (C=O) groups excluding carboxylic acids is 1. The van der Waals surface area contributed by atoms with Crippen LogP contribution in [-0.2, 0) is 11.2 Å². The smallest absolute Gasteiger partial charge is 0.228 e. The Morgan fingerprint density at radius 3 is 3.17 bits per heavy atom. The number of nitrogens with one attached hydrogen (secondary N) is 2. The molecule has 5 heteroatoms. The van der Waals surface area contributed by atoms with Crippen LogP contribution in [0.4, 0.5) is 5.69 Å². The molecular weight excluding hydrogens is 246 g/mol. The Balaban J connectivity index is 1.73. The highest BCUT2D eigenvalue weighted by Crippen LogP contribution is 2.17. The van der Waals surface area contributed by atoms with Crippen LogP contribution in [0.1, 0.15) is 5.56 Å². The third kappa shape index (κ3) is 2.26. The quantitative estimate of drug-likeness (QED) is 0.758. The van der Waals surface area contributed by atoms with E-state index < -0.39 is 0 Å². The minimum Gasteiger partial charge on any atom is -0.326 e. The fraction of sp³-hybridized carbons (Fsp3) is 0.0769. The monoisotopic (exact) mass is 257 g/mol. The van der Waals surface area contributed by atoms with Crippen LogP contribution in [0, 0.1) is 0 Å². The van der Waals surface area contributed by atoms with Gasteiger partial charge in [0.25, 0.3) is 0 Å². The first-order chi connectivity index (χ1) is 8.81. The van der Waals surface area contributed by atoms with Crippen molar-refractivity contribution in [3.8, 4) is 0 Å². The second kappa shape index (κ2) is 4.62. The highest BCUT2D eigenvalue weighted by Gasteiger charge is 2.05. The van der Waals surface area contributed by atoms with Gasteiger partial charge in [0.1, 0.15) is 0 Å². The Kier molecular flexibility index (Phi) is 2.82. The van der Waals surface area contributed by atoms with Crippen LogP contribution in [0.5, 0.6) is 0 Å². The van der Waals surface area contributed by atoms with Crippen LogP contribution in [0.2, 0.25) is 0 Å². The predicted octanol–water partition coefficient (Wildman–Crippen LogP) is 2.81. The lowest BCUT2D eigenvalue weighted by molar-refractivity contribution is -0.115. The molecule has 0 atom stereocenters. The summed E-state index contributed by atoms with van der Waals surface area (Å²) < 4.78 is 0. The van der Waals surface area contributed by atoms with E-state index in [4.69, 9.17) is 0 Å². The molecule has 0 saturated carbocycles. The first-order valence-corrected chi connectivity index (χ1v) is 6.49. The molecule has 0 fully saturated rings. The summed E-state index contributed by atoms with van der Waals surface area (Å²) in [6, 6.07) is 7.64. The lowest BCUT2D eigenvalue weighted by Crippen LogP contribution is -2.13. The number of amides is 1. The van der Waals surface area contributed by atoms with E-state index in [-0.39, 0.29) is 5.91 Å². The van der Waals surface area contributed by atoms with Gasteiger partial charge >= 0.3 is 0 Å². The molecule has 4 nitrogen and oxygen atoms in total. The average molecular weight is 257 g/mol. The minimum atomic E-state index is -0.00348. The molecule has 0 aliphatic heterocycles. The largest absolute Gasteiger partial charge is 0.326 e. The number of nitrogens with zero attached hydrogens (tertiary/aromatic N) is 1. The molecule has 3 rings (SSSR count). The zero-order valence-electron chi connectivity index (χ0n) is 9.51. The number of hydrogen-bond donors (Lipinski definition) is 2. The van der Waals surface area contributed by atoms with E-state index in [1.54, 1.807) is 17.5 Å². The van der Waals surface area contributed by atoms with Crippen molar-refractivity contribution in [2.24, 2.45) is 0 Å². The summed E-state index contributed by atoms with van der Waals surface area (Å²) >= 11 is 1.60. The number of fused-ring (bicyclic) bond motifs is 1. The molecule has 0 bridgehead atoms. The van der Waals surface area contributed by atoms with Gasteiger partial charge in [-0.2, -0.15) is 16.4 Å². The average Bonchev–Trinajstić information content (AvgIpc) is 2.98. The van der Waals surface area contributed by atoms with Gasteiger partial charge in [0.2, 0.25) is 5.91 Å². The maximum atomic E-state index is 11.8. The normalized spacial score (nSPS) is 10.7. The van der Waals surface area contributed by atoms with E-state index in [1.807, 2.05) is 35.0 Å². The Morgan fingerprint density at radius 2 is 2.33 bits per heavy atom.